The summed E-state index contributed by atoms with van der Waals surface area (Å²) in [6.45, 7) is 2.97. The summed E-state index contributed by atoms with van der Waals surface area (Å²) in [5.74, 6) is 1.29. The molecule has 5 nitrogen and oxygen atoms in total. The van der Waals surface area contributed by atoms with Crippen molar-refractivity contribution in [2.75, 3.05) is 29.9 Å². The number of anilines is 1. The van der Waals surface area contributed by atoms with Crippen LogP contribution in [0, 0.1) is 11.3 Å². The molecule has 1 unspecified atom stereocenters. The van der Waals surface area contributed by atoms with Crippen molar-refractivity contribution >= 4 is 27.6 Å². The van der Waals surface area contributed by atoms with Gasteiger partial charge >= 0.3 is 0 Å². The largest absolute Gasteiger partial charge is 0.491 e. The molecule has 1 saturated heterocycles. The summed E-state index contributed by atoms with van der Waals surface area (Å²) in [5.41, 5.74) is 4.21. The fourth-order valence-corrected chi connectivity index (χ4v) is 5.18. The number of ether oxygens (including phenoxy) is 1. The smallest absolute Gasteiger partial charge is 0.123 e. The van der Waals surface area contributed by atoms with Crippen molar-refractivity contribution in [1.29, 1.82) is 5.26 Å². The quantitative estimate of drug-likeness (QED) is 0.603. The van der Waals surface area contributed by atoms with E-state index in [1.807, 2.05) is 47.6 Å². The molecule has 1 aliphatic rings. The monoisotopic (exact) mass is 411 g/mol. The van der Waals surface area contributed by atoms with Gasteiger partial charge < -0.3 is 9.30 Å². The highest BCUT2D eigenvalue weighted by Gasteiger charge is 2.22. The molecular formula is C22H22FN3O2S. The molecule has 1 atom stereocenters. The van der Waals surface area contributed by atoms with Crippen LogP contribution in [0.1, 0.15) is 18.9 Å². The molecule has 29 heavy (non-hydrogen) atoms. The van der Waals surface area contributed by atoms with Crippen LogP contribution in [0.3, 0.4) is 0 Å². The van der Waals surface area contributed by atoms with Crippen LogP contribution in [0.25, 0.3) is 22.2 Å². The van der Waals surface area contributed by atoms with Gasteiger partial charge in [-0.25, -0.2) is 8.60 Å². The van der Waals surface area contributed by atoms with E-state index in [0.717, 1.165) is 40.8 Å². The standard InChI is InChI=1S/C22H22FN3O2S/c1-2-25-21-14-18(28-12-10-23)8-9-19(21)20(15-24)22(25)16-4-6-17(7-5-16)26-11-3-13-29(26)27/h4-9,14H,2-3,10-13H2,1H3. The van der Waals surface area contributed by atoms with Gasteiger partial charge in [-0.3, -0.25) is 4.31 Å². The Morgan fingerprint density at radius 1 is 1.24 bits per heavy atom. The summed E-state index contributed by atoms with van der Waals surface area (Å²) in [6, 6.07) is 15.7. The molecule has 7 heteroatoms. The molecule has 1 aromatic heterocycles. The van der Waals surface area contributed by atoms with E-state index in [1.165, 1.54) is 0 Å². The van der Waals surface area contributed by atoms with Gasteiger partial charge in [0.25, 0.3) is 0 Å². The second-order valence-corrected chi connectivity index (χ2v) is 8.32. The second-order valence-electron chi connectivity index (χ2n) is 6.82. The van der Waals surface area contributed by atoms with Crippen molar-refractivity contribution < 1.29 is 13.3 Å². The maximum Gasteiger partial charge on any atom is 0.123 e. The Kier molecular flexibility index (Phi) is 5.54. The fourth-order valence-electron chi connectivity index (χ4n) is 3.89. The zero-order valence-electron chi connectivity index (χ0n) is 16.2. The lowest BCUT2D eigenvalue weighted by molar-refractivity contribution is 0.273. The molecule has 0 spiro atoms. The lowest BCUT2D eigenvalue weighted by Gasteiger charge is -2.16. The van der Waals surface area contributed by atoms with E-state index in [9.17, 15) is 13.9 Å². The van der Waals surface area contributed by atoms with Gasteiger partial charge in [0.05, 0.1) is 16.8 Å². The van der Waals surface area contributed by atoms with Crippen molar-refractivity contribution in [2.45, 2.75) is 19.9 Å². The van der Waals surface area contributed by atoms with E-state index >= 15 is 0 Å². The van der Waals surface area contributed by atoms with Crippen LogP contribution in [0.5, 0.6) is 5.75 Å². The van der Waals surface area contributed by atoms with E-state index in [2.05, 4.69) is 10.6 Å². The van der Waals surface area contributed by atoms with E-state index in [4.69, 9.17) is 4.74 Å². The van der Waals surface area contributed by atoms with Gasteiger partial charge in [-0.2, -0.15) is 5.26 Å². The molecule has 0 radical (unpaired) electrons. The van der Waals surface area contributed by atoms with Crippen LogP contribution < -0.4 is 9.04 Å². The number of alkyl halides is 1. The van der Waals surface area contributed by atoms with E-state index < -0.39 is 17.7 Å². The number of hydrogen-bond donors (Lipinski definition) is 0. The molecule has 0 bridgehead atoms. The van der Waals surface area contributed by atoms with Gasteiger partial charge in [-0.05, 0) is 43.2 Å². The summed E-state index contributed by atoms with van der Waals surface area (Å²) in [7, 11) is -0.958. The topological polar surface area (TPSA) is 58.3 Å². The zero-order valence-corrected chi connectivity index (χ0v) is 17.0. The van der Waals surface area contributed by atoms with Crippen molar-refractivity contribution in [3.63, 3.8) is 0 Å². The van der Waals surface area contributed by atoms with Crippen LogP contribution in [0.15, 0.2) is 42.5 Å². The van der Waals surface area contributed by atoms with Gasteiger partial charge in [0.2, 0.25) is 0 Å². The molecule has 0 saturated carbocycles. The third-order valence-electron chi connectivity index (χ3n) is 5.16. The maximum absolute atomic E-state index is 12.5. The first-order valence-corrected chi connectivity index (χ1v) is 11.0. The molecule has 0 aliphatic carbocycles. The SMILES string of the molecule is CCn1c(-c2ccc(N3CCCS3=O)cc2)c(C#N)c2ccc(OCCF)cc21. The predicted octanol–water partition coefficient (Wildman–Crippen LogP) is 4.42. The van der Waals surface area contributed by atoms with Crippen molar-refractivity contribution in [2.24, 2.45) is 0 Å². The van der Waals surface area contributed by atoms with Crippen LogP contribution in [0.2, 0.25) is 0 Å². The molecular weight excluding hydrogens is 389 g/mol. The van der Waals surface area contributed by atoms with Crippen LogP contribution in [0.4, 0.5) is 10.1 Å². The predicted molar refractivity (Wildman–Crippen MR) is 114 cm³/mol. The summed E-state index contributed by atoms with van der Waals surface area (Å²) in [6.07, 6.45) is 0.934. The average molecular weight is 412 g/mol. The molecule has 2 aromatic carbocycles. The number of fused-ring (bicyclic) bond motifs is 1. The first kappa shape index (κ1) is 19.5. The Hall–Kier alpha value is -2.85. The van der Waals surface area contributed by atoms with Gasteiger partial charge in [0, 0.05) is 36.0 Å². The Balaban J connectivity index is 1.80. The Morgan fingerprint density at radius 2 is 2.03 bits per heavy atom. The first-order chi connectivity index (χ1) is 14.2. The Bertz CT molecular complexity index is 1100. The number of halogens is 1. The summed E-state index contributed by atoms with van der Waals surface area (Å²) >= 11 is 0. The highest BCUT2D eigenvalue weighted by molar-refractivity contribution is 7.86. The molecule has 2 heterocycles. The lowest BCUT2D eigenvalue weighted by Crippen LogP contribution is -2.19. The van der Waals surface area contributed by atoms with Crippen LogP contribution in [-0.4, -0.2) is 34.4 Å². The maximum atomic E-state index is 12.5. The number of aromatic nitrogens is 1. The Morgan fingerprint density at radius 3 is 2.66 bits per heavy atom. The minimum Gasteiger partial charge on any atom is -0.491 e. The summed E-state index contributed by atoms with van der Waals surface area (Å²) in [5, 5.41) is 10.7. The summed E-state index contributed by atoms with van der Waals surface area (Å²) in [4.78, 5) is 0. The van der Waals surface area contributed by atoms with Crippen LogP contribution in [-0.2, 0) is 17.5 Å². The molecule has 0 amide bonds. The number of hydrogen-bond acceptors (Lipinski definition) is 3. The number of nitriles is 1. The van der Waals surface area contributed by atoms with E-state index in [-0.39, 0.29) is 6.61 Å². The van der Waals surface area contributed by atoms with Crippen molar-refractivity contribution in [1.82, 2.24) is 4.57 Å². The molecule has 150 valence electrons. The van der Waals surface area contributed by atoms with Gasteiger partial charge in [0.15, 0.2) is 0 Å². The number of nitrogens with zero attached hydrogens (tertiary/aromatic N) is 3. The molecule has 1 fully saturated rings. The van der Waals surface area contributed by atoms with E-state index in [1.54, 1.807) is 6.07 Å². The van der Waals surface area contributed by atoms with Gasteiger partial charge in [0.1, 0.15) is 36.1 Å². The fraction of sp³-hybridized carbons (Fsp3) is 0.318. The third kappa shape index (κ3) is 3.49. The molecule has 3 aromatic rings. The second kappa shape index (κ2) is 8.26. The third-order valence-corrected chi connectivity index (χ3v) is 6.69. The molecule has 4 rings (SSSR count). The normalized spacial score (nSPS) is 16.3. The molecule has 0 N–H and O–H groups in total. The summed E-state index contributed by atoms with van der Waals surface area (Å²) < 4.78 is 34.0. The van der Waals surface area contributed by atoms with Crippen molar-refractivity contribution in [3.05, 3.63) is 48.0 Å². The highest BCUT2D eigenvalue weighted by atomic mass is 32.2. The van der Waals surface area contributed by atoms with Crippen molar-refractivity contribution in [3.8, 4) is 23.1 Å². The lowest BCUT2D eigenvalue weighted by atomic mass is 10.1. The highest BCUT2D eigenvalue weighted by Crippen LogP contribution is 2.36. The van der Waals surface area contributed by atoms with E-state index in [0.29, 0.717) is 23.6 Å². The van der Waals surface area contributed by atoms with Gasteiger partial charge in [-0.1, -0.05) is 12.1 Å². The van der Waals surface area contributed by atoms with Crippen LogP contribution >= 0.6 is 0 Å². The minimum absolute atomic E-state index is 0.00956. The Labute approximate surface area is 171 Å². The average Bonchev–Trinajstić information content (AvgIpc) is 3.32. The number of aryl methyl sites for hydroxylation is 1. The first-order valence-electron chi connectivity index (χ1n) is 9.69. The molecule has 1 aliphatic heterocycles. The number of benzene rings is 2. The minimum atomic E-state index is -0.958. The van der Waals surface area contributed by atoms with Gasteiger partial charge in [-0.15, -0.1) is 0 Å². The number of rotatable bonds is 6. The zero-order chi connectivity index (χ0) is 20.4.